The summed E-state index contributed by atoms with van der Waals surface area (Å²) in [7, 11) is 0. The van der Waals surface area contributed by atoms with Crippen LogP contribution in [0.2, 0.25) is 0 Å². The van der Waals surface area contributed by atoms with Crippen molar-refractivity contribution in [2.24, 2.45) is 0 Å². The van der Waals surface area contributed by atoms with Crippen LogP contribution in [0.5, 0.6) is 0 Å². The van der Waals surface area contributed by atoms with E-state index in [0.717, 1.165) is 0 Å². The van der Waals surface area contributed by atoms with Crippen molar-refractivity contribution in [3.05, 3.63) is 0 Å². The Kier molecular flexibility index (Phi) is 3.30. The Morgan fingerprint density at radius 3 is 2.29 bits per heavy atom. The predicted molar refractivity (Wildman–Crippen MR) is 60.6 cm³/mol. The minimum absolute atomic E-state index is 0.174. The van der Waals surface area contributed by atoms with Gasteiger partial charge in [0, 0.05) is 12.8 Å². The number of ether oxygens (including phenoxy) is 2. The van der Waals surface area contributed by atoms with Crippen LogP contribution in [0.1, 0.15) is 33.6 Å². The molecular formula is C12H20FNO3. The number of nitrogens with zero attached hydrogens (tertiary/aromatic N) is 1. The highest BCUT2D eigenvalue weighted by Gasteiger charge is 2.43. The molecular weight excluding hydrogens is 225 g/mol. The number of amides is 1. The molecule has 0 spiro atoms. The van der Waals surface area contributed by atoms with Gasteiger partial charge in [-0.2, -0.15) is 0 Å². The lowest BCUT2D eigenvalue weighted by atomic mass is 9.93. The van der Waals surface area contributed by atoms with Crippen LogP contribution in [0.25, 0.3) is 0 Å². The lowest BCUT2D eigenvalue weighted by Gasteiger charge is -2.46. The van der Waals surface area contributed by atoms with Crippen molar-refractivity contribution in [3.8, 4) is 0 Å². The van der Waals surface area contributed by atoms with Gasteiger partial charge in [0.15, 0.2) is 0 Å². The van der Waals surface area contributed by atoms with E-state index in [9.17, 15) is 9.18 Å². The molecule has 0 aromatic heterocycles. The van der Waals surface area contributed by atoms with Crippen LogP contribution in [-0.4, -0.2) is 48.1 Å². The van der Waals surface area contributed by atoms with Crippen molar-refractivity contribution >= 4 is 6.09 Å². The van der Waals surface area contributed by atoms with E-state index >= 15 is 0 Å². The summed E-state index contributed by atoms with van der Waals surface area (Å²) in [5, 5.41) is 0. The van der Waals surface area contributed by atoms with Gasteiger partial charge in [0.2, 0.25) is 0 Å². The number of morpholine rings is 1. The molecule has 98 valence electrons. The van der Waals surface area contributed by atoms with E-state index in [1.807, 2.05) is 20.8 Å². The Balaban J connectivity index is 2.07. The zero-order valence-corrected chi connectivity index (χ0v) is 10.6. The molecule has 0 aromatic rings. The number of hydrogen-bond acceptors (Lipinski definition) is 3. The predicted octanol–water partition coefficient (Wildman–Crippen LogP) is 2.12. The molecule has 2 unspecified atom stereocenters. The fourth-order valence-electron chi connectivity index (χ4n) is 2.46. The third kappa shape index (κ3) is 2.89. The molecule has 2 bridgehead atoms. The number of carbonyl (C=O) groups excluding carboxylic acids is 1. The Bertz CT molecular complexity index is 289. The van der Waals surface area contributed by atoms with Crippen LogP contribution >= 0.6 is 0 Å². The van der Waals surface area contributed by atoms with Gasteiger partial charge in [-0.1, -0.05) is 0 Å². The lowest BCUT2D eigenvalue weighted by molar-refractivity contribution is -0.0924. The highest BCUT2D eigenvalue weighted by molar-refractivity contribution is 5.69. The average Bonchev–Trinajstić information content (AvgIpc) is 2.12. The van der Waals surface area contributed by atoms with E-state index < -0.39 is 11.8 Å². The smallest absolute Gasteiger partial charge is 0.410 e. The van der Waals surface area contributed by atoms with Gasteiger partial charge >= 0.3 is 6.09 Å². The lowest BCUT2D eigenvalue weighted by Crippen LogP contribution is -2.60. The van der Waals surface area contributed by atoms with Crippen molar-refractivity contribution in [1.82, 2.24) is 4.90 Å². The minimum atomic E-state index is -0.826. The standard InChI is InChI=1S/C12H20FNO3/c1-12(2,3)17-11(15)14-9-4-8(13)5-10(14)7-16-6-9/h8-10H,4-7H2,1-3H3. The molecule has 5 heteroatoms. The monoisotopic (exact) mass is 245 g/mol. The second kappa shape index (κ2) is 4.44. The number of fused-ring (bicyclic) bond motifs is 2. The quantitative estimate of drug-likeness (QED) is 0.656. The van der Waals surface area contributed by atoms with E-state index in [1.165, 1.54) is 0 Å². The molecule has 17 heavy (non-hydrogen) atoms. The summed E-state index contributed by atoms with van der Waals surface area (Å²) in [6, 6.07) is -0.348. The average molecular weight is 245 g/mol. The summed E-state index contributed by atoms with van der Waals surface area (Å²) in [6.45, 7) is 6.32. The van der Waals surface area contributed by atoms with Crippen LogP contribution in [0.15, 0.2) is 0 Å². The Labute approximate surface area is 101 Å². The van der Waals surface area contributed by atoms with Gasteiger partial charge in [-0.3, -0.25) is 4.90 Å². The molecule has 2 saturated heterocycles. The third-order valence-electron chi connectivity index (χ3n) is 3.07. The van der Waals surface area contributed by atoms with Crippen LogP contribution < -0.4 is 0 Å². The van der Waals surface area contributed by atoms with Crippen LogP contribution in [0.3, 0.4) is 0 Å². The summed E-state index contributed by atoms with van der Waals surface area (Å²) >= 11 is 0. The zero-order valence-electron chi connectivity index (χ0n) is 10.6. The number of halogens is 1. The van der Waals surface area contributed by atoms with Crippen LogP contribution in [0.4, 0.5) is 9.18 Å². The summed E-state index contributed by atoms with van der Waals surface area (Å²) in [5.74, 6) is 0. The molecule has 2 aliphatic rings. The van der Waals surface area contributed by atoms with E-state index in [0.29, 0.717) is 26.1 Å². The molecule has 0 radical (unpaired) electrons. The van der Waals surface area contributed by atoms with E-state index in [1.54, 1.807) is 4.90 Å². The Morgan fingerprint density at radius 2 is 1.82 bits per heavy atom. The van der Waals surface area contributed by atoms with E-state index in [4.69, 9.17) is 9.47 Å². The van der Waals surface area contributed by atoms with E-state index in [2.05, 4.69) is 0 Å². The second-order valence-corrected chi connectivity index (χ2v) is 5.80. The maximum absolute atomic E-state index is 13.4. The molecule has 2 aliphatic heterocycles. The van der Waals surface area contributed by atoms with Gasteiger partial charge in [-0.05, 0) is 20.8 Å². The molecule has 0 N–H and O–H groups in total. The first-order valence-corrected chi connectivity index (χ1v) is 6.10. The van der Waals surface area contributed by atoms with Gasteiger partial charge in [0.05, 0.1) is 25.3 Å². The van der Waals surface area contributed by atoms with Gasteiger partial charge in [0.1, 0.15) is 11.8 Å². The van der Waals surface area contributed by atoms with E-state index in [-0.39, 0.29) is 18.2 Å². The van der Waals surface area contributed by atoms with Crippen molar-refractivity contribution < 1.29 is 18.7 Å². The minimum Gasteiger partial charge on any atom is -0.444 e. The molecule has 0 aliphatic carbocycles. The van der Waals surface area contributed by atoms with Gasteiger partial charge in [-0.25, -0.2) is 9.18 Å². The molecule has 4 nitrogen and oxygen atoms in total. The topological polar surface area (TPSA) is 38.8 Å². The number of rotatable bonds is 0. The molecule has 2 heterocycles. The first-order valence-electron chi connectivity index (χ1n) is 6.10. The van der Waals surface area contributed by atoms with Gasteiger partial charge in [-0.15, -0.1) is 0 Å². The van der Waals surface area contributed by atoms with Crippen molar-refractivity contribution in [2.45, 2.75) is 57.5 Å². The molecule has 2 atom stereocenters. The first-order chi connectivity index (χ1) is 7.87. The van der Waals surface area contributed by atoms with Crippen molar-refractivity contribution in [1.29, 1.82) is 0 Å². The SMILES string of the molecule is CC(C)(C)OC(=O)N1C2COCC1CC(F)C2. The number of piperidine rings is 1. The summed E-state index contributed by atoms with van der Waals surface area (Å²) in [4.78, 5) is 13.7. The maximum Gasteiger partial charge on any atom is 0.410 e. The fourth-order valence-corrected chi connectivity index (χ4v) is 2.46. The number of carbonyl (C=O) groups is 1. The number of hydrogen-bond donors (Lipinski definition) is 0. The molecule has 0 aromatic carbocycles. The highest BCUT2D eigenvalue weighted by Crippen LogP contribution is 2.30. The maximum atomic E-state index is 13.4. The van der Waals surface area contributed by atoms with Gasteiger partial charge in [0.25, 0.3) is 0 Å². The second-order valence-electron chi connectivity index (χ2n) is 5.80. The summed E-state index contributed by atoms with van der Waals surface area (Å²) in [6.07, 6.45) is -0.457. The first kappa shape index (κ1) is 12.6. The van der Waals surface area contributed by atoms with Crippen molar-refractivity contribution in [2.75, 3.05) is 13.2 Å². The molecule has 1 amide bonds. The molecule has 0 saturated carbocycles. The third-order valence-corrected chi connectivity index (χ3v) is 3.07. The fraction of sp³-hybridized carbons (Fsp3) is 0.917. The normalized spacial score (nSPS) is 33.4. The molecule has 2 rings (SSSR count). The van der Waals surface area contributed by atoms with Crippen molar-refractivity contribution in [3.63, 3.8) is 0 Å². The summed E-state index contributed by atoms with van der Waals surface area (Å²) in [5.41, 5.74) is -0.515. The van der Waals surface area contributed by atoms with Gasteiger partial charge < -0.3 is 9.47 Å². The number of alkyl halides is 1. The largest absolute Gasteiger partial charge is 0.444 e. The Morgan fingerprint density at radius 1 is 1.29 bits per heavy atom. The van der Waals surface area contributed by atoms with Crippen LogP contribution in [-0.2, 0) is 9.47 Å². The zero-order chi connectivity index (χ0) is 12.6. The summed E-state index contributed by atoms with van der Waals surface area (Å²) < 4.78 is 24.2. The highest BCUT2D eigenvalue weighted by atomic mass is 19.1. The Hall–Kier alpha value is -0.840. The molecule has 2 fully saturated rings. The van der Waals surface area contributed by atoms with Crippen LogP contribution in [0, 0.1) is 0 Å².